The number of nitrogens with two attached hydrogens (primary N) is 1. The summed E-state index contributed by atoms with van der Waals surface area (Å²) in [5.41, 5.74) is 6.88. The molecule has 0 saturated carbocycles. The fraction of sp³-hybridized carbons (Fsp3) is 0.217. The molecule has 0 fully saturated rings. The van der Waals surface area contributed by atoms with Gasteiger partial charge in [-0.25, -0.2) is 8.42 Å². The number of hydrogen-bond acceptors (Lipinski definition) is 5. The molecule has 0 saturated heterocycles. The summed E-state index contributed by atoms with van der Waals surface area (Å²) < 4.78 is 26.0. The van der Waals surface area contributed by atoms with E-state index in [-0.39, 0.29) is 23.2 Å². The van der Waals surface area contributed by atoms with Crippen LogP contribution in [0.4, 0.5) is 5.69 Å². The number of allylic oxidation sites excluding steroid dienone is 2. The zero-order valence-corrected chi connectivity index (χ0v) is 18.2. The highest BCUT2D eigenvalue weighted by Gasteiger charge is 2.33. The van der Waals surface area contributed by atoms with Gasteiger partial charge in [0, 0.05) is 12.1 Å². The molecule has 0 amide bonds. The molecular weight excluding hydrogens is 428 g/mol. The summed E-state index contributed by atoms with van der Waals surface area (Å²) >= 11 is 0. The predicted molar refractivity (Wildman–Crippen MR) is 124 cm³/mol. The number of carbonyl (C=O) groups is 1. The number of sulfone groups is 1. The minimum absolute atomic E-state index is 0.0173. The molecule has 2 aromatic carbocycles. The van der Waals surface area contributed by atoms with Gasteiger partial charge in [-0.1, -0.05) is 54.1 Å². The van der Waals surface area contributed by atoms with Gasteiger partial charge in [0.15, 0.2) is 15.8 Å². The molecule has 0 spiro atoms. The van der Waals surface area contributed by atoms with Gasteiger partial charge in [0.2, 0.25) is 0 Å². The second kappa shape index (κ2) is 9.80. The summed E-state index contributed by atoms with van der Waals surface area (Å²) in [4.78, 5) is 11.1. The van der Waals surface area contributed by atoms with E-state index in [1.165, 1.54) is 12.1 Å². The maximum absolute atomic E-state index is 13.0. The minimum atomic E-state index is -3.67. The van der Waals surface area contributed by atoms with Gasteiger partial charge in [-0.05, 0) is 42.7 Å². The number of carboxylic acid groups (broad SMARTS) is 1. The summed E-state index contributed by atoms with van der Waals surface area (Å²) in [6.07, 6.45) is 6.53. The second-order valence-electron chi connectivity index (χ2n) is 7.59. The third kappa shape index (κ3) is 5.83. The average molecular weight is 455 g/mol. The molecule has 168 valence electrons. The molecular formula is C23H26N4O4S. The van der Waals surface area contributed by atoms with E-state index in [2.05, 4.69) is 10.6 Å². The van der Waals surface area contributed by atoms with Gasteiger partial charge >= 0.3 is 5.97 Å². The highest BCUT2D eigenvalue weighted by atomic mass is 32.2. The third-order valence-corrected chi connectivity index (χ3v) is 6.75. The van der Waals surface area contributed by atoms with Gasteiger partial charge in [-0.15, -0.1) is 0 Å². The lowest BCUT2D eigenvalue weighted by molar-refractivity contribution is -0.136. The number of anilines is 1. The summed E-state index contributed by atoms with van der Waals surface area (Å²) in [5.74, 6) is -1.41. The second-order valence-corrected chi connectivity index (χ2v) is 9.58. The fourth-order valence-corrected chi connectivity index (χ4v) is 4.79. The van der Waals surface area contributed by atoms with Gasteiger partial charge in [-0.2, -0.15) is 0 Å². The number of hydrogen-bond donors (Lipinski definition) is 5. The smallest absolute Gasteiger partial charge is 0.303 e. The van der Waals surface area contributed by atoms with Crippen LogP contribution in [-0.4, -0.2) is 31.3 Å². The van der Waals surface area contributed by atoms with Crippen molar-refractivity contribution >= 4 is 27.5 Å². The Bertz CT molecular complexity index is 1140. The highest BCUT2D eigenvalue weighted by Crippen LogP contribution is 2.35. The van der Waals surface area contributed by atoms with Crippen LogP contribution in [0, 0.1) is 5.41 Å². The monoisotopic (exact) mass is 454 g/mol. The van der Waals surface area contributed by atoms with Crippen molar-refractivity contribution in [2.45, 2.75) is 29.7 Å². The van der Waals surface area contributed by atoms with Crippen molar-refractivity contribution in [3.63, 3.8) is 0 Å². The van der Waals surface area contributed by atoms with E-state index in [0.717, 1.165) is 11.1 Å². The molecule has 8 nitrogen and oxygen atoms in total. The van der Waals surface area contributed by atoms with Gasteiger partial charge in [0.05, 0.1) is 10.4 Å². The largest absolute Gasteiger partial charge is 0.481 e. The Labute approximate surface area is 187 Å². The van der Waals surface area contributed by atoms with Crippen LogP contribution in [0.2, 0.25) is 0 Å². The summed E-state index contributed by atoms with van der Waals surface area (Å²) in [6, 6.07) is 15.5. The third-order valence-electron chi connectivity index (χ3n) is 5.24. The van der Waals surface area contributed by atoms with Crippen molar-refractivity contribution in [1.82, 2.24) is 5.32 Å². The molecule has 0 bridgehead atoms. The number of guanidine groups is 1. The van der Waals surface area contributed by atoms with Crippen LogP contribution >= 0.6 is 0 Å². The summed E-state index contributed by atoms with van der Waals surface area (Å²) in [5, 5.41) is 22.1. The molecule has 1 aliphatic carbocycles. The Hall–Kier alpha value is -3.43. The number of rotatable bonds is 9. The first-order valence-corrected chi connectivity index (χ1v) is 11.7. The average Bonchev–Trinajstić information content (AvgIpc) is 2.77. The Balaban J connectivity index is 1.82. The molecule has 1 unspecified atom stereocenters. The van der Waals surface area contributed by atoms with Crippen LogP contribution in [0.3, 0.4) is 0 Å². The Morgan fingerprint density at radius 1 is 1.12 bits per heavy atom. The van der Waals surface area contributed by atoms with E-state index in [0.29, 0.717) is 18.5 Å². The molecule has 0 heterocycles. The van der Waals surface area contributed by atoms with Crippen LogP contribution in [0.1, 0.15) is 24.8 Å². The zero-order chi connectivity index (χ0) is 23.2. The lowest BCUT2D eigenvalue weighted by Gasteiger charge is -2.35. The predicted octanol–water partition coefficient (Wildman–Crippen LogP) is 2.96. The standard InChI is InChI=1S/C23H26N4O4S/c24-22(25)27-19-9-11-20(12-10-19)32(30,31)16-26-23(18-6-2-1-3-7-18)14-4-5-17(15-23)8-13-21(28)29/h1-7,9-12,14,26H,8,13,15-16H2,(H,28,29)(H4,24,25,27). The first-order chi connectivity index (χ1) is 15.2. The van der Waals surface area contributed by atoms with Crippen molar-refractivity contribution in [2.75, 3.05) is 11.2 Å². The quantitative estimate of drug-likeness (QED) is 0.289. The van der Waals surface area contributed by atoms with E-state index in [1.807, 2.05) is 48.6 Å². The molecule has 32 heavy (non-hydrogen) atoms. The molecule has 3 rings (SSSR count). The van der Waals surface area contributed by atoms with E-state index < -0.39 is 21.3 Å². The zero-order valence-electron chi connectivity index (χ0n) is 17.4. The molecule has 0 aromatic heterocycles. The maximum atomic E-state index is 13.0. The van der Waals surface area contributed by atoms with Crippen LogP contribution < -0.4 is 16.4 Å². The maximum Gasteiger partial charge on any atom is 0.303 e. The number of carboxylic acids is 1. The van der Waals surface area contributed by atoms with Crippen molar-refractivity contribution in [3.8, 4) is 0 Å². The van der Waals surface area contributed by atoms with Gasteiger partial charge in [-0.3, -0.25) is 15.5 Å². The van der Waals surface area contributed by atoms with E-state index in [9.17, 15) is 13.2 Å². The Morgan fingerprint density at radius 2 is 1.81 bits per heavy atom. The van der Waals surface area contributed by atoms with E-state index in [4.69, 9.17) is 16.2 Å². The van der Waals surface area contributed by atoms with Crippen LogP contribution in [0.5, 0.6) is 0 Å². The van der Waals surface area contributed by atoms with Crippen molar-refractivity contribution < 1.29 is 18.3 Å². The lowest BCUT2D eigenvalue weighted by atomic mass is 9.79. The van der Waals surface area contributed by atoms with E-state index >= 15 is 0 Å². The minimum Gasteiger partial charge on any atom is -0.481 e. The molecule has 0 aliphatic heterocycles. The first-order valence-electron chi connectivity index (χ1n) is 10.0. The molecule has 1 aliphatic rings. The molecule has 1 atom stereocenters. The number of benzene rings is 2. The summed E-state index contributed by atoms with van der Waals surface area (Å²) in [6.45, 7) is 0. The van der Waals surface area contributed by atoms with Gasteiger partial charge in [0.1, 0.15) is 5.88 Å². The molecule has 9 heteroatoms. The van der Waals surface area contributed by atoms with Crippen LogP contribution in [0.25, 0.3) is 0 Å². The topological polar surface area (TPSA) is 145 Å². The number of nitrogens with one attached hydrogen (secondary N) is 3. The number of aliphatic carboxylic acids is 1. The highest BCUT2D eigenvalue weighted by molar-refractivity contribution is 7.91. The SMILES string of the molecule is N=C(N)Nc1ccc(S(=O)(=O)CNC2(c3ccccc3)C=CC=C(CCC(=O)O)C2)cc1. The molecule has 6 N–H and O–H groups in total. The fourth-order valence-electron chi connectivity index (χ4n) is 3.63. The van der Waals surface area contributed by atoms with Gasteiger partial charge in [0.25, 0.3) is 0 Å². The Morgan fingerprint density at radius 3 is 2.44 bits per heavy atom. The summed E-state index contributed by atoms with van der Waals surface area (Å²) in [7, 11) is -3.67. The molecule has 2 aromatic rings. The van der Waals surface area contributed by atoms with Crippen molar-refractivity contribution in [3.05, 3.63) is 84.0 Å². The van der Waals surface area contributed by atoms with Gasteiger partial charge < -0.3 is 16.2 Å². The lowest BCUT2D eigenvalue weighted by Crippen LogP contribution is -2.44. The first kappa shape index (κ1) is 23.2. The van der Waals surface area contributed by atoms with Crippen LogP contribution in [-0.2, 0) is 20.2 Å². The Kier molecular flexibility index (Phi) is 7.12. The van der Waals surface area contributed by atoms with E-state index in [1.54, 1.807) is 12.1 Å². The van der Waals surface area contributed by atoms with Crippen molar-refractivity contribution in [1.29, 1.82) is 5.41 Å². The van der Waals surface area contributed by atoms with Crippen LogP contribution in [0.15, 0.2) is 83.3 Å². The molecule has 0 radical (unpaired) electrons. The van der Waals surface area contributed by atoms with Crippen molar-refractivity contribution in [2.24, 2.45) is 5.73 Å². The normalized spacial score (nSPS) is 18.1.